The van der Waals surface area contributed by atoms with Crippen LogP contribution in [0.1, 0.15) is 0 Å². The number of azo groups is 1. The maximum Gasteiger partial charge on any atom is 0.296 e. The van der Waals surface area contributed by atoms with E-state index in [1.54, 1.807) is 24.3 Å². The van der Waals surface area contributed by atoms with Crippen molar-refractivity contribution >= 4 is 27.8 Å². The maximum absolute atomic E-state index is 10.9. The van der Waals surface area contributed by atoms with Crippen LogP contribution < -0.4 is 0 Å². The molecule has 0 saturated carbocycles. The lowest BCUT2D eigenvalue weighted by Gasteiger charge is -2.03. The molecular formula is C16H11N3O3. The highest BCUT2D eigenvalue weighted by molar-refractivity contribution is 5.92. The van der Waals surface area contributed by atoms with Gasteiger partial charge in [0.25, 0.3) is 5.69 Å². The second-order valence-corrected chi connectivity index (χ2v) is 4.60. The smallest absolute Gasteiger partial charge is 0.296 e. The zero-order valence-corrected chi connectivity index (χ0v) is 11.4. The zero-order chi connectivity index (χ0) is 15.5. The van der Waals surface area contributed by atoms with E-state index in [0.29, 0.717) is 5.39 Å². The fraction of sp³-hybridized carbons (Fsp3) is 0. The Balaban J connectivity index is 2.03. The number of hydrogen-bond donors (Lipinski definition) is 1. The van der Waals surface area contributed by atoms with Gasteiger partial charge in [0.05, 0.1) is 4.92 Å². The van der Waals surface area contributed by atoms with E-state index >= 15 is 0 Å². The van der Waals surface area contributed by atoms with Crippen LogP contribution in [0.25, 0.3) is 10.8 Å². The molecule has 1 N–H and O–H groups in total. The molecular weight excluding hydrogens is 282 g/mol. The summed E-state index contributed by atoms with van der Waals surface area (Å²) in [4.78, 5) is 10.4. The van der Waals surface area contributed by atoms with E-state index in [1.807, 2.05) is 24.3 Å². The molecule has 0 saturated heterocycles. The first-order valence-electron chi connectivity index (χ1n) is 6.52. The Morgan fingerprint density at radius 2 is 1.55 bits per heavy atom. The number of nitro groups is 1. The van der Waals surface area contributed by atoms with Crippen molar-refractivity contribution in [3.8, 4) is 5.75 Å². The molecule has 108 valence electrons. The first-order chi connectivity index (χ1) is 10.7. The number of phenols is 1. The SMILES string of the molecule is O=[N+]([O-])c1ccccc1/N=N/c1ccc2ccccc2c1O. The van der Waals surface area contributed by atoms with E-state index in [0.717, 1.165) is 5.39 Å². The maximum atomic E-state index is 10.9. The molecule has 0 unspecified atom stereocenters. The van der Waals surface area contributed by atoms with E-state index in [1.165, 1.54) is 12.1 Å². The molecule has 6 nitrogen and oxygen atoms in total. The van der Waals surface area contributed by atoms with Gasteiger partial charge in [0, 0.05) is 11.5 Å². The Hall–Kier alpha value is -3.28. The number of hydrogen-bond acceptors (Lipinski definition) is 5. The third-order valence-electron chi connectivity index (χ3n) is 3.22. The molecule has 3 aromatic carbocycles. The minimum atomic E-state index is -0.519. The summed E-state index contributed by atoms with van der Waals surface area (Å²) in [5, 5.41) is 30.5. The van der Waals surface area contributed by atoms with Gasteiger partial charge in [-0.05, 0) is 17.5 Å². The van der Waals surface area contributed by atoms with Crippen molar-refractivity contribution in [3.05, 3.63) is 70.8 Å². The second kappa shape index (κ2) is 5.61. The van der Waals surface area contributed by atoms with E-state index in [-0.39, 0.29) is 22.8 Å². The quantitative estimate of drug-likeness (QED) is 0.424. The molecule has 0 aliphatic heterocycles. The van der Waals surface area contributed by atoms with Crippen molar-refractivity contribution in [3.63, 3.8) is 0 Å². The molecule has 0 bridgehead atoms. The minimum Gasteiger partial charge on any atom is -0.505 e. The highest BCUT2D eigenvalue weighted by Crippen LogP contribution is 2.36. The summed E-state index contributed by atoms with van der Waals surface area (Å²) >= 11 is 0. The van der Waals surface area contributed by atoms with Gasteiger partial charge in [0.1, 0.15) is 5.69 Å². The van der Waals surface area contributed by atoms with Crippen LogP contribution in [0.3, 0.4) is 0 Å². The number of aromatic hydroxyl groups is 1. The summed E-state index contributed by atoms with van der Waals surface area (Å²) in [5.74, 6) is 0.000402. The van der Waals surface area contributed by atoms with E-state index in [2.05, 4.69) is 10.2 Å². The molecule has 0 spiro atoms. The topological polar surface area (TPSA) is 88.1 Å². The van der Waals surface area contributed by atoms with Crippen molar-refractivity contribution in [1.29, 1.82) is 0 Å². The van der Waals surface area contributed by atoms with E-state index < -0.39 is 4.92 Å². The normalized spacial score (nSPS) is 11.1. The Bertz CT molecular complexity index is 891. The standard InChI is InChI=1S/C16H11N3O3/c20-16-12-6-2-1-5-11(12)9-10-14(16)18-17-13-7-3-4-8-15(13)19(21)22/h1-10,20H/b18-17+. The number of rotatable bonds is 3. The zero-order valence-electron chi connectivity index (χ0n) is 11.4. The van der Waals surface area contributed by atoms with Gasteiger partial charge in [-0.3, -0.25) is 10.1 Å². The Kier molecular flexibility index (Phi) is 3.49. The minimum absolute atomic E-state index is 0.000402. The second-order valence-electron chi connectivity index (χ2n) is 4.60. The predicted octanol–water partition coefficient (Wildman–Crippen LogP) is 4.87. The van der Waals surface area contributed by atoms with Crippen LogP contribution >= 0.6 is 0 Å². The summed E-state index contributed by atoms with van der Waals surface area (Å²) in [7, 11) is 0. The lowest BCUT2D eigenvalue weighted by atomic mass is 10.1. The molecule has 0 aliphatic rings. The molecule has 0 fully saturated rings. The van der Waals surface area contributed by atoms with Crippen molar-refractivity contribution in [1.82, 2.24) is 0 Å². The van der Waals surface area contributed by atoms with Crippen LogP contribution in [0.2, 0.25) is 0 Å². The average Bonchev–Trinajstić information content (AvgIpc) is 2.55. The molecule has 0 aromatic heterocycles. The van der Waals surface area contributed by atoms with Crippen LogP contribution in [0.4, 0.5) is 17.1 Å². The van der Waals surface area contributed by atoms with Crippen LogP contribution in [-0.2, 0) is 0 Å². The first-order valence-corrected chi connectivity index (χ1v) is 6.52. The first kappa shape index (κ1) is 13.7. The van der Waals surface area contributed by atoms with E-state index in [9.17, 15) is 15.2 Å². The van der Waals surface area contributed by atoms with Gasteiger partial charge in [-0.25, -0.2) is 0 Å². The summed E-state index contributed by atoms with van der Waals surface area (Å²) in [6.45, 7) is 0. The summed E-state index contributed by atoms with van der Waals surface area (Å²) in [6, 6.07) is 16.8. The van der Waals surface area contributed by atoms with Gasteiger partial charge in [-0.1, -0.05) is 42.5 Å². The molecule has 3 rings (SSSR count). The summed E-state index contributed by atoms with van der Waals surface area (Å²) in [5.41, 5.74) is 0.267. The Morgan fingerprint density at radius 1 is 0.864 bits per heavy atom. The third kappa shape index (κ3) is 2.49. The number of benzene rings is 3. The fourth-order valence-corrected chi connectivity index (χ4v) is 2.14. The van der Waals surface area contributed by atoms with Crippen molar-refractivity contribution in [2.45, 2.75) is 0 Å². The van der Waals surface area contributed by atoms with Crippen molar-refractivity contribution in [2.24, 2.45) is 10.2 Å². The van der Waals surface area contributed by atoms with Gasteiger partial charge < -0.3 is 5.11 Å². The van der Waals surface area contributed by atoms with Crippen LogP contribution in [0.5, 0.6) is 5.75 Å². The Morgan fingerprint density at radius 3 is 2.36 bits per heavy atom. The Labute approximate surface area is 125 Å². The van der Waals surface area contributed by atoms with Gasteiger partial charge in [-0.2, -0.15) is 0 Å². The van der Waals surface area contributed by atoms with Gasteiger partial charge in [-0.15, -0.1) is 10.2 Å². The summed E-state index contributed by atoms with van der Waals surface area (Å²) in [6.07, 6.45) is 0. The average molecular weight is 293 g/mol. The molecule has 22 heavy (non-hydrogen) atoms. The number of phenolic OH excluding ortho intramolecular Hbond substituents is 1. The third-order valence-corrected chi connectivity index (χ3v) is 3.22. The summed E-state index contributed by atoms with van der Waals surface area (Å²) < 4.78 is 0. The molecule has 0 amide bonds. The monoisotopic (exact) mass is 293 g/mol. The van der Waals surface area contributed by atoms with Crippen LogP contribution in [0.15, 0.2) is 70.9 Å². The van der Waals surface area contributed by atoms with Gasteiger partial charge in [0.2, 0.25) is 0 Å². The van der Waals surface area contributed by atoms with Gasteiger partial charge in [0.15, 0.2) is 11.4 Å². The molecule has 6 heteroatoms. The molecule has 0 atom stereocenters. The highest BCUT2D eigenvalue weighted by atomic mass is 16.6. The molecule has 0 aliphatic carbocycles. The van der Waals surface area contributed by atoms with Crippen LogP contribution in [0, 0.1) is 10.1 Å². The lowest BCUT2D eigenvalue weighted by Crippen LogP contribution is -1.87. The predicted molar refractivity (Wildman–Crippen MR) is 82.9 cm³/mol. The molecule has 0 radical (unpaired) electrons. The highest BCUT2D eigenvalue weighted by Gasteiger charge is 2.12. The molecule has 0 heterocycles. The van der Waals surface area contributed by atoms with E-state index in [4.69, 9.17) is 0 Å². The van der Waals surface area contributed by atoms with Crippen molar-refractivity contribution in [2.75, 3.05) is 0 Å². The number of nitrogens with zero attached hydrogens (tertiary/aromatic N) is 3. The molecule has 3 aromatic rings. The number of para-hydroxylation sites is 1. The number of fused-ring (bicyclic) bond motifs is 1. The van der Waals surface area contributed by atoms with Crippen molar-refractivity contribution < 1.29 is 10.0 Å². The lowest BCUT2D eigenvalue weighted by molar-refractivity contribution is -0.384. The fourth-order valence-electron chi connectivity index (χ4n) is 2.14. The van der Waals surface area contributed by atoms with Gasteiger partial charge >= 0.3 is 0 Å². The largest absolute Gasteiger partial charge is 0.505 e. The van der Waals surface area contributed by atoms with Crippen LogP contribution in [-0.4, -0.2) is 10.0 Å². The number of nitro benzene ring substituents is 1.